The maximum Gasteiger partial charge on any atom is 0.251 e. The van der Waals surface area contributed by atoms with Gasteiger partial charge in [0.2, 0.25) is 5.91 Å². The van der Waals surface area contributed by atoms with E-state index in [0.29, 0.717) is 31.5 Å². The Morgan fingerprint density at radius 3 is 2.43 bits per heavy atom. The molecule has 0 bridgehead atoms. The minimum atomic E-state index is -2.91. The van der Waals surface area contributed by atoms with Crippen LogP contribution in [0.25, 0.3) is 0 Å². The zero-order valence-electron chi connectivity index (χ0n) is 13.2. The Labute approximate surface area is 136 Å². The lowest BCUT2D eigenvalue weighted by atomic mass is 10.1. The molecule has 1 fully saturated rings. The van der Waals surface area contributed by atoms with Crippen LogP contribution in [-0.2, 0) is 21.1 Å². The van der Waals surface area contributed by atoms with E-state index >= 15 is 0 Å². The second kappa shape index (κ2) is 7.59. The summed E-state index contributed by atoms with van der Waals surface area (Å²) >= 11 is 0. The molecule has 0 aromatic heterocycles. The van der Waals surface area contributed by atoms with Crippen LogP contribution in [0, 0.1) is 5.92 Å². The van der Waals surface area contributed by atoms with Crippen LogP contribution in [0.3, 0.4) is 0 Å². The zero-order chi connectivity index (χ0) is 16.9. The largest absolute Gasteiger partial charge is 0.356 e. The molecule has 6 nitrogen and oxygen atoms in total. The summed E-state index contributed by atoms with van der Waals surface area (Å²) < 4.78 is 22.8. The lowest BCUT2D eigenvalue weighted by Gasteiger charge is -2.10. The van der Waals surface area contributed by atoms with E-state index in [9.17, 15) is 18.0 Å². The first kappa shape index (κ1) is 17.5. The molecule has 1 heterocycles. The monoisotopic (exact) mass is 338 g/mol. The van der Waals surface area contributed by atoms with E-state index in [1.54, 1.807) is 12.1 Å². The Morgan fingerprint density at radius 1 is 1.17 bits per heavy atom. The predicted molar refractivity (Wildman–Crippen MR) is 87.9 cm³/mol. The maximum absolute atomic E-state index is 12.1. The molecule has 7 heteroatoms. The predicted octanol–water partition coefficient (Wildman–Crippen LogP) is 0.530. The van der Waals surface area contributed by atoms with Gasteiger partial charge in [0.15, 0.2) is 9.84 Å². The van der Waals surface area contributed by atoms with Crippen molar-refractivity contribution in [3.05, 3.63) is 35.4 Å². The van der Waals surface area contributed by atoms with E-state index in [2.05, 4.69) is 10.6 Å². The van der Waals surface area contributed by atoms with Crippen LogP contribution >= 0.6 is 0 Å². The molecule has 1 aliphatic rings. The third-order valence-electron chi connectivity index (χ3n) is 3.88. The highest BCUT2D eigenvalue weighted by molar-refractivity contribution is 7.91. The van der Waals surface area contributed by atoms with E-state index in [0.717, 1.165) is 5.56 Å². The molecule has 1 aromatic rings. The van der Waals surface area contributed by atoms with Crippen LogP contribution in [0.1, 0.15) is 29.3 Å². The van der Waals surface area contributed by atoms with Crippen molar-refractivity contribution < 1.29 is 18.0 Å². The number of rotatable bonds is 6. The van der Waals surface area contributed by atoms with Gasteiger partial charge in [-0.1, -0.05) is 12.1 Å². The molecule has 2 N–H and O–H groups in total. The first-order chi connectivity index (χ1) is 10.9. The fourth-order valence-electron chi connectivity index (χ4n) is 2.58. The van der Waals surface area contributed by atoms with Gasteiger partial charge < -0.3 is 10.6 Å². The van der Waals surface area contributed by atoms with Crippen LogP contribution in [0.2, 0.25) is 0 Å². The van der Waals surface area contributed by atoms with Gasteiger partial charge in [0.25, 0.3) is 5.91 Å². The molecular formula is C16H22N2O4S. The molecule has 1 aromatic carbocycles. The number of nitrogens with one attached hydrogen (secondary N) is 2. The maximum atomic E-state index is 12.1. The summed E-state index contributed by atoms with van der Waals surface area (Å²) in [5, 5.41) is 5.52. The standard InChI is InChI=1S/C16H22N2O4S/c1-12(19)17-8-6-13-2-4-15(5-3-13)16(20)18-10-14-7-9-23(21,22)11-14/h2-5,14H,6-11H2,1H3,(H,17,19)(H,18,20)/t14-/m1/s1. The van der Waals surface area contributed by atoms with Crippen LogP contribution in [0.15, 0.2) is 24.3 Å². The molecule has 0 unspecified atom stereocenters. The van der Waals surface area contributed by atoms with Gasteiger partial charge in [-0.15, -0.1) is 0 Å². The summed E-state index contributed by atoms with van der Waals surface area (Å²) in [5.41, 5.74) is 1.59. The lowest BCUT2D eigenvalue weighted by molar-refractivity contribution is -0.118. The second-order valence-electron chi connectivity index (χ2n) is 5.91. The number of carbonyl (C=O) groups is 2. The molecule has 1 saturated heterocycles. The first-order valence-corrected chi connectivity index (χ1v) is 9.50. The summed E-state index contributed by atoms with van der Waals surface area (Å²) in [6.07, 6.45) is 1.33. The third-order valence-corrected chi connectivity index (χ3v) is 5.72. The van der Waals surface area contributed by atoms with Crippen molar-refractivity contribution in [1.29, 1.82) is 0 Å². The fourth-order valence-corrected chi connectivity index (χ4v) is 4.44. The summed E-state index contributed by atoms with van der Waals surface area (Å²) in [5.74, 6) is 0.143. The van der Waals surface area contributed by atoms with E-state index in [1.165, 1.54) is 6.92 Å². The minimum Gasteiger partial charge on any atom is -0.356 e. The van der Waals surface area contributed by atoms with Gasteiger partial charge in [0.05, 0.1) is 11.5 Å². The fraction of sp³-hybridized carbons (Fsp3) is 0.500. The first-order valence-electron chi connectivity index (χ1n) is 7.68. The Kier molecular flexibility index (Phi) is 5.76. The summed E-state index contributed by atoms with van der Waals surface area (Å²) in [4.78, 5) is 22.9. The molecule has 126 valence electrons. The average molecular weight is 338 g/mol. The quantitative estimate of drug-likeness (QED) is 0.791. The number of carbonyl (C=O) groups excluding carboxylic acids is 2. The van der Waals surface area contributed by atoms with E-state index in [-0.39, 0.29) is 29.2 Å². The van der Waals surface area contributed by atoms with E-state index < -0.39 is 9.84 Å². The van der Waals surface area contributed by atoms with Gasteiger partial charge in [-0.2, -0.15) is 0 Å². The number of hydrogen-bond donors (Lipinski definition) is 2. The number of sulfone groups is 1. The van der Waals surface area contributed by atoms with Gasteiger partial charge in [0, 0.05) is 25.6 Å². The Bertz CT molecular complexity index is 668. The molecule has 0 spiro atoms. The second-order valence-corrected chi connectivity index (χ2v) is 8.14. The highest BCUT2D eigenvalue weighted by Gasteiger charge is 2.27. The van der Waals surface area contributed by atoms with Crippen molar-refractivity contribution in [2.24, 2.45) is 5.92 Å². The van der Waals surface area contributed by atoms with Crippen LogP contribution in [0.5, 0.6) is 0 Å². The molecule has 1 aliphatic heterocycles. The lowest BCUT2D eigenvalue weighted by Crippen LogP contribution is -2.29. The SMILES string of the molecule is CC(=O)NCCc1ccc(C(=O)NC[C@H]2CCS(=O)(=O)C2)cc1. The van der Waals surface area contributed by atoms with Crippen molar-refractivity contribution in [1.82, 2.24) is 10.6 Å². The van der Waals surface area contributed by atoms with Crippen LogP contribution in [-0.4, -0.2) is 44.8 Å². The Balaban J connectivity index is 1.79. The van der Waals surface area contributed by atoms with E-state index in [1.807, 2.05) is 12.1 Å². The van der Waals surface area contributed by atoms with Gasteiger partial charge in [-0.25, -0.2) is 8.42 Å². The molecule has 2 amide bonds. The van der Waals surface area contributed by atoms with Gasteiger partial charge >= 0.3 is 0 Å². The normalized spacial score (nSPS) is 19.3. The zero-order valence-corrected chi connectivity index (χ0v) is 14.0. The van der Waals surface area contributed by atoms with Gasteiger partial charge in [0.1, 0.15) is 0 Å². The molecule has 2 rings (SSSR count). The molecule has 1 atom stereocenters. The average Bonchev–Trinajstić information content (AvgIpc) is 2.84. The summed E-state index contributed by atoms with van der Waals surface area (Å²) in [6.45, 7) is 2.43. The minimum absolute atomic E-state index is 0.0147. The highest BCUT2D eigenvalue weighted by atomic mass is 32.2. The molecule has 0 aliphatic carbocycles. The van der Waals surface area contributed by atoms with Crippen LogP contribution < -0.4 is 10.6 Å². The van der Waals surface area contributed by atoms with Crippen molar-refractivity contribution in [3.8, 4) is 0 Å². The van der Waals surface area contributed by atoms with Crippen molar-refractivity contribution >= 4 is 21.7 Å². The highest BCUT2D eigenvalue weighted by Crippen LogP contribution is 2.17. The van der Waals surface area contributed by atoms with Crippen molar-refractivity contribution in [2.75, 3.05) is 24.6 Å². The molecule has 0 saturated carbocycles. The van der Waals surface area contributed by atoms with Crippen LogP contribution in [0.4, 0.5) is 0 Å². The Morgan fingerprint density at radius 2 is 1.87 bits per heavy atom. The van der Waals surface area contributed by atoms with Crippen molar-refractivity contribution in [3.63, 3.8) is 0 Å². The number of amides is 2. The molecule has 23 heavy (non-hydrogen) atoms. The summed E-state index contributed by atoms with van der Waals surface area (Å²) in [6, 6.07) is 7.20. The smallest absolute Gasteiger partial charge is 0.251 e. The number of benzene rings is 1. The van der Waals surface area contributed by atoms with Gasteiger partial charge in [-0.3, -0.25) is 9.59 Å². The van der Waals surface area contributed by atoms with E-state index in [4.69, 9.17) is 0 Å². The summed E-state index contributed by atoms with van der Waals surface area (Å²) in [7, 11) is -2.91. The Hall–Kier alpha value is -1.89. The van der Waals surface area contributed by atoms with Gasteiger partial charge in [-0.05, 0) is 36.5 Å². The topological polar surface area (TPSA) is 92.3 Å². The number of hydrogen-bond acceptors (Lipinski definition) is 4. The third kappa shape index (κ3) is 5.67. The molecular weight excluding hydrogens is 316 g/mol. The molecule has 0 radical (unpaired) electrons. The van der Waals surface area contributed by atoms with Crippen molar-refractivity contribution in [2.45, 2.75) is 19.8 Å².